The highest BCUT2D eigenvalue weighted by molar-refractivity contribution is 6.11. The first-order chi connectivity index (χ1) is 21.4. The molecule has 1 aliphatic heterocycles. The molecule has 1 aliphatic rings. The van der Waals surface area contributed by atoms with Crippen molar-refractivity contribution in [3.63, 3.8) is 0 Å². The van der Waals surface area contributed by atoms with Gasteiger partial charge in [0.25, 0.3) is 17.7 Å². The van der Waals surface area contributed by atoms with E-state index in [9.17, 15) is 33.9 Å². The molecule has 0 aliphatic carbocycles. The van der Waals surface area contributed by atoms with Gasteiger partial charge in [-0.1, -0.05) is 12.1 Å². The van der Waals surface area contributed by atoms with Crippen molar-refractivity contribution < 1.29 is 48.1 Å². The number of fused-ring (bicyclic) bond motifs is 1. The quantitative estimate of drug-likeness (QED) is 0.243. The van der Waals surface area contributed by atoms with Crippen LogP contribution < -0.4 is 25.2 Å². The maximum Gasteiger partial charge on any atom is 0.311 e. The van der Waals surface area contributed by atoms with Crippen molar-refractivity contribution >= 4 is 46.9 Å². The molecule has 240 valence electrons. The fourth-order valence-electron chi connectivity index (χ4n) is 4.82. The van der Waals surface area contributed by atoms with Gasteiger partial charge in [-0.2, -0.15) is 0 Å². The zero-order valence-electron chi connectivity index (χ0n) is 25.7. The number of para-hydroxylation sites is 2. The molecule has 0 fully saturated rings. The number of aliphatic hydroxyl groups is 1. The van der Waals surface area contributed by atoms with Crippen molar-refractivity contribution in [2.24, 2.45) is 0 Å². The number of nitrogens with one attached hydrogen (secondary N) is 2. The molecule has 0 saturated carbocycles. The number of carbonyl (C=O) groups is 6. The molecular weight excluding hydrogens is 588 g/mol. The summed E-state index contributed by atoms with van der Waals surface area (Å²) < 4.78 is 15.1. The van der Waals surface area contributed by atoms with Crippen molar-refractivity contribution in [1.82, 2.24) is 10.6 Å². The Labute approximate surface area is 259 Å². The van der Waals surface area contributed by atoms with Crippen LogP contribution in [0.5, 0.6) is 5.75 Å². The number of nitrogens with zero attached hydrogens (tertiary/aromatic N) is 2. The molecule has 3 N–H and O–H groups in total. The third-order valence-electron chi connectivity index (χ3n) is 6.67. The number of aliphatic hydroxyl groups excluding tert-OH is 1. The van der Waals surface area contributed by atoms with Gasteiger partial charge in [-0.3, -0.25) is 33.7 Å². The SMILES string of the molecule is CCOC(=O)C/C(=C\OC(C)=O)NC(=O)CN1C(=O)[C@@H](NC(=O)c2cc(C)c(OC)c(C)c2)CN(C(=O)CO)c2ccccc21. The normalized spacial score (nSPS) is 14.6. The average Bonchev–Trinajstić information content (AvgIpc) is 3.10. The number of methoxy groups -OCH3 is 1. The molecule has 45 heavy (non-hydrogen) atoms. The lowest BCUT2D eigenvalue weighted by molar-refractivity contribution is -0.143. The lowest BCUT2D eigenvalue weighted by Gasteiger charge is -2.25. The Kier molecular flexibility index (Phi) is 11.8. The van der Waals surface area contributed by atoms with Crippen LogP contribution in [0.15, 0.2) is 48.4 Å². The first kappa shape index (κ1) is 34.3. The molecular formula is C31H36N4O10. The average molecular weight is 625 g/mol. The van der Waals surface area contributed by atoms with Crippen molar-refractivity contribution in [2.75, 3.05) is 43.2 Å². The molecule has 0 unspecified atom stereocenters. The minimum absolute atomic E-state index is 0.0819. The highest BCUT2D eigenvalue weighted by Gasteiger charge is 2.37. The van der Waals surface area contributed by atoms with E-state index in [2.05, 4.69) is 10.6 Å². The molecule has 2 aromatic rings. The number of esters is 2. The second-order valence-corrected chi connectivity index (χ2v) is 10.0. The van der Waals surface area contributed by atoms with Crippen LogP contribution in [0, 0.1) is 13.8 Å². The van der Waals surface area contributed by atoms with Gasteiger partial charge in [0.2, 0.25) is 5.91 Å². The van der Waals surface area contributed by atoms with E-state index >= 15 is 0 Å². The van der Waals surface area contributed by atoms with Crippen LogP contribution in [0.1, 0.15) is 41.8 Å². The summed E-state index contributed by atoms with van der Waals surface area (Å²) in [6, 6.07) is 8.10. The molecule has 4 amide bonds. The largest absolute Gasteiger partial charge is 0.496 e. The smallest absolute Gasteiger partial charge is 0.311 e. The van der Waals surface area contributed by atoms with Crippen molar-refractivity contribution in [3.05, 3.63) is 65.0 Å². The van der Waals surface area contributed by atoms with Gasteiger partial charge in [0.05, 0.1) is 43.8 Å². The summed E-state index contributed by atoms with van der Waals surface area (Å²) in [6.45, 7) is 4.52. The Bertz CT molecular complexity index is 1500. The number of rotatable bonds is 11. The number of hydrogen-bond acceptors (Lipinski definition) is 10. The summed E-state index contributed by atoms with van der Waals surface area (Å²) in [6.07, 6.45) is 0.467. The molecule has 1 atom stereocenters. The summed E-state index contributed by atoms with van der Waals surface area (Å²) in [5, 5.41) is 14.8. The van der Waals surface area contributed by atoms with Gasteiger partial charge >= 0.3 is 11.9 Å². The molecule has 2 aromatic carbocycles. The standard InChI is InChI=1S/C31H36N4O10/c1-6-44-28(40)13-22(17-45-20(4)37)32-26(38)15-35-25-10-8-7-9-24(25)34(27(39)16-36)14-23(31(35)42)33-30(41)21-11-18(2)29(43-5)19(3)12-21/h7-12,17,23,36H,6,13-16H2,1-5H3,(H,32,38)(H,33,41)/b22-17+/t23-/m0/s1. The second-order valence-electron chi connectivity index (χ2n) is 10.0. The summed E-state index contributed by atoms with van der Waals surface area (Å²) >= 11 is 0. The summed E-state index contributed by atoms with van der Waals surface area (Å²) in [5.41, 5.74) is 1.90. The fraction of sp³-hybridized carbons (Fsp3) is 0.355. The lowest BCUT2D eigenvalue weighted by atomic mass is 10.0. The van der Waals surface area contributed by atoms with E-state index in [1.54, 1.807) is 45.0 Å². The second kappa shape index (κ2) is 15.5. The number of benzene rings is 2. The number of ether oxygens (including phenoxy) is 3. The van der Waals surface area contributed by atoms with Crippen molar-refractivity contribution in [1.29, 1.82) is 0 Å². The third kappa shape index (κ3) is 8.66. The fourth-order valence-corrected chi connectivity index (χ4v) is 4.82. The summed E-state index contributed by atoms with van der Waals surface area (Å²) in [5.74, 6) is -3.65. The zero-order chi connectivity index (χ0) is 33.3. The highest BCUT2D eigenvalue weighted by atomic mass is 16.5. The number of aryl methyl sites for hydroxylation is 2. The van der Waals surface area contributed by atoms with Crippen molar-refractivity contribution in [2.45, 2.75) is 40.2 Å². The number of hydrogen-bond donors (Lipinski definition) is 3. The lowest BCUT2D eigenvalue weighted by Crippen LogP contribution is -2.54. The van der Waals surface area contributed by atoms with Gasteiger partial charge in [0.15, 0.2) is 0 Å². The molecule has 0 radical (unpaired) electrons. The zero-order valence-corrected chi connectivity index (χ0v) is 25.7. The topological polar surface area (TPSA) is 181 Å². The van der Waals surface area contributed by atoms with Gasteiger partial charge in [0, 0.05) is 12.5 Å². The predicted molar refractivity (Wildman–Crippen MR) is 161 cm³/mol. The Morgan fingerprint density at radius 1 is 1.07 bits per heavy atom. The van der Waals surface area contributed by atoms with Gasteiger partial charge < -0.3 is 34.9 Å². The van der Waals surface area contributed by atoms with E-state index in [-0.39, 0.29) is 35.8 Å². The van der Waals surface area contributed by atoms with Crippen LogP contribution in [0.2, 0.25) is 0 Å². The first-order valence-electron chi connectivity index (χ1n) is 14.0. The van der Waals surface area contributed by atoms with Crippen LogP contribution in [0.3, 0.4) is 0 Å². The maximum atomic E-state index is 14.0. The van der Waals surface area contributed by atoms with E-state index in [4.69, 9.17) is 14.2 Å². The van der Waals surface area contributed by atoms with E-state index < -0.39 is 61.2 Å². The van der Waals surface area contributed by atoms with E-state index in [1.807, 2.05) is 0 Å². The van der Waals surface area contributed by atoms with Gasteiger partial charge in [-0.05, 0) is 56.2 Å². The van der Waals surface area contributed by atoms with Gasteiger partial charge in [-0.15, -0.1) is 0 Å². The highest BCUT2D eigenvalue weighted by Crippen LogP contribution is 2.33. The molecule has 14 heteroatoms. The monoisotopic (exact) mass is 624 g/mol. The van der Waals surface area contributed by atoms with Crippen LogP contribution in [-0.4, -0.2) is 80.1 Å². The Morgan fingerprint density at radius 2 is 1.71 bits per heavy atom. The Balaban J connectivity index is 1.98. The number of amides is 4. The Hall–Kier alpha value is -5.24. The number of carbonyl (C=O) groups excluding carboxylic acids is 6. The predicted octanol–water partition coefficient (Wildman–Crippen LogP) is 1.26. The molecule has 1 heterocycles. The van der Waals surface area contributed by atoms with Crippen LogP contribution in [-0.2, 0) is 33.4 Å². The van der Waals surface area contributed by atoms with E-state index in [0.717, 1.165) is 23.0 Å². The molecule has 0 saturated heterocycles. The van der Waals surface area contributed by atoms with Gasteiger partial charge in [-0.25, -0.2) is 0 Å². The molecule has 0 spiro atoms. The minimum Gasteiger partial charge on any atom is -0.496 e. The Morgan fingerprint density at radius 3 is 2.29 bits per heavy atom. The van der Waals surface area contributed by atoms with E-state index in [0.29, 0.717) is 16.9 Å². The first-order valence-corrected chi connectivity index (χ1v) is 14.0. The molecule has 3 rings (SSSR count). The maximum absolute atomic E-state index is 14.0. The summed E-state index contributed by atoms with van der Waals surface area (Å²) in [4.78, 5) is 79.2. The molecule has 0 bridgehead atoms. The molecule has 0 aromatic heterocycles. The van der Waals surface area contributed by atoms with E-state index in [1.165, 1.54) is 19.2 Å². The minimum atomic E-state index is -1.34. The van der Waals surface area contributed by atoms with Crippen LogP contribution in [0.4, 0.5) is 11.4 Å². The third-order valence-corrected chi connectivity index (χ3v) is 6.67. The van der Waals surface area contributed by atoms with Crippen molar-refractivity contribution in [3.8, 4) is 5.75 Å². The molecule has 14 nitrogen and oxygen atoms in total. The van der Waals surface area contributed by atoms with Gasteiger partial charge in [0.1, 0.15) is 31.2 Å². The number of anilines is 2. The summed E-state index contributed by atoms with van der Waals surface area (Å²) in [7, 11) is 1.51. The van der Waals surface area contributed by atoms with Crippen LogP contribution in [0.25, 0.3) is 0 Å². The van der Waals surface area contributed by atoms with Crippen LogP contribution >= 0.6 is 0 Å².